The molecule has 0 spiro atoms. The Morgan fingerprint density at radius 3 is 1.96 bits per heavy atom. The van der Waals surface area contributed by atoms with Gasteiger partial charge in [0.15, 0.2) is 0 Å². The summed E-state index contributed by atoms with van der Waals surface area (Å²) in [4.78, 5) is 4.98. The van der Waals surface area contributed by atoms with Crippen LogP contribution in [0.15, 0.2) is 60.7 Å². The summed E-state index contributed by atoms with van der Waals surface area (Å²) >= 11 is 7.41. The second-order valence-corrected chi connectivity index (χ2v) is 7.89. The largest absolute Gasteiger partial charge is 0.295 e. The number of nitrogens with zero attached hydrogens (tertiary/aromatic N) is 4. The Labute approximate surface area is 163 Å². The van der Waals surface area contributed by atoms with E-state index in [1.165, 1.54) is 22.7 Å². The van der Waals surface area contributed by atoms with Gasteiger partial charge in [0.2, 0.25) is 0 Å². The Balaban J connectivity index is 1.49. The Morgan fingerprint density at radius 2 is 1.46 bits per heavy atom. The second kappa shape index (κ2) is 8.27. The zero-order valence-corrected chi connectivity index (χ0v) is 16.0. The minimum atomic E-state index is 0.295. The van der Waals surface area contributed by atoms with Crippen molar-refractivity contribution in [1.82, 2.24) is 19.4 Å². The van der Waals surface area contributed by atoms with Crippen molar-refractivity contribution in [2.75, 3.05) is 26.2 Å². The molecular weight excluding hydrogens is 364 g/mol. The molecule has 2 aromatic carbocycles. The lowest BCUT2D eigenvalue weighted by Crippen LogP contribution is -2.47. The highest BCUT2D eigenvalue weighted by molar-refractivity contribution is 7.10. The fraction of sp³-hybridized carbons (Fsp3) is 0.300. The predicted molar refractivity (Wildman–Crippen MR) is 106 cm³/mol. The number of piperazine rings is 1. The Kier molecular flexibility index (Phi) is 5.60. The van der Waals surface area contributed by atoms with E-state index >= 15 is 0 Å². The zero-order chi connectivity index (χ0) is 17.8. The van der Waals surface area contributed by atoms with Gasteiger partial charge in [-0.3, -0.25) is 9.80 Å². The van der Waals surface area contributed by atoms with Crippen LogP contribution in [-0.2, 0) is 6.54 Å². The molecule has 0 N–H and O–H groups in total. The highest BCUT2D eigenvalue weighted by Gasteiger charge is 2.26. The van der Waals surface area contributed by atoms with Gasteiger partial charge in [-0.15, -0.1) is 5.10 Å². The summed E-state index contributed by atoms with van der Waals surface area (Å²) in [6.45, 7) is 4.83. The number of hydrogen-bond donors (Lipinski definition) is 0. The number of benzene rings is 2. The van der Waals surface area contributed by atoms with Gasteiger partial charge in [0.1, 0.15) is 10.0 Å². The molecule has 2 heterocycles. The molecule has 0 amide bonds. The van der Waals surface area contributed by atoms with Crippen LogP contribution < -0.4 is 0 Å². The highest BCUT2D eigenvalue weighted by atomic mass is 35.5. The predicted octanol–water partition coefficient (Wildman–Crippen LogP) is 4.10. The van der Waals surface area contributed by atoms with Crippen LogP contribution in [0, 0.1) is 0 Å². The molecule has 0 atom stereocenters. The zero-order valence-electron chi connectivity index (χ0n) is 14.5. The Hall–Kier alpha value is -1.79. The molecule has 26 heavy (non-hydrogen) atoms. The molecule has 4 rings (SSSR count). The van der Waals surface area contributed by atoms with Crippen molar-refractivity contribution in [2.24, 2.45) is 0 Å². The first-order valence-corrected chi connectivity index (χ1v) is 9.99. The second-order valence-electron chi connectivity index (χ2n) is 6.53. The van der Waals surface area contributed by atoms with Gasteiger partial charge in [0.05, 0.1) is 6.04 Å². The van der Waals surface area contributed by atoms with Gasteiger partial charge in [-0.1, -0.05) is 76.8 Å². The van der Waals surface area contributed by atoms with Crippen molar-refractivity contribution in [3.8, 4) is 0 Å². The fourth-order valence-corrected chi connectivity index (χ4v) is 4.18. The first-order chi connectivity index (χ1) is 12.8. The lowest BCUT2D eigenvalue weighted by atomic mass is 9.96. The van der Waals surface area contributed by atoms with Crippen molar-refractivity contribution in [3.63, 3.8) is 0 Å². The van der Waals surface area contributed by atoms with E-state index in [4.69, 9.17) is 11.6 Å². The van der Waals surface area contributed by atoms with Crippen LogP contribution in [-0.4, -0.2) is 45.6 Å². The summed E-state index contributed by atoms with van der Waals surface area (Å²) in [5, 5.41) is 4.14. The third-order valence-electron chi connectivity index (χ3n) is 4.89. The highest BCUT2D eigenvalue weighted by Crippen LogP contribution is 2.30. The molecule has 0 saturated carbocycles. The number of hydrogen-bond acceptors (Lipinski definition) is 5. The van der Waals surface area contributed by atoms with Gasteiger partial charge in [-0.05, 0) is 11.1 Å². The molecular formula is C20H21ClN4S. The molecule has 1 aliphatic heterocycles. The minimum Gasteiger partial charge on any atom is -0.295 e. The third-order valence-corrected chi connectivity index (χ3v) is 5.87. The SMILES string of the molecule is Clc1snnc1CN1CCN(C(c2ccccc2)c2ccccc2)CC1. The minimum absolute atomic E-state index is 0.295. The maximum Gasteiger partial charge on any atom is 0.138 e. The molecule has 0 aliphatic carbocycles. The monoisotopic (exact) mass is 384 g/mol. The number of halogens is 1. The van der Waals surface area contributed by atoms with E-state index in [0.717, 1.165) is 38.4 Å². The van der Waals surface area contributed by atoms with Crippen LogP contribution in [0.4, 0.5) is 0 Å². The lowest BCUT2D eigenvalue weighted by Gasteiger charge is -2.39. The Bertz CT molecular complexity index is 777. The molecule has 1 aromatic heterocycles. The van der Waals surface area contributed by atoms with Crippen molar-refractivity contribution < 1.29 is 0 Å². The summed E-state index contributed by atoms with van der Waals surface area (Å²) in [5.74, 6) is 0. The summed E-state index contributed by atoms with van der Waals surface area (Å²) in [7, 11) is 0. The van der Waals surface area contributed by atoms with Gasteiger partial charge >= 0.3 is 0 Å². The van der Waals surface area contributed by atoms with E-state index in [1.807, 2.05) is 0 Å². The molecule has 1 saturated heterocycles. The van der Waals surface area contributed by atoms with Gasteiger partial charge in [-0.2, -0.15) is 0 Å². The van der Waals surface area contributed by atoms with E-state index in [9.17, 15) is 0 Å². The maximum absolute atomic E-state index is 6.15. The van der Waals surface area contributed by atoms with E-state index in [-0.39, 0.29) is 0 Å². The van der Waals surface area contributed by atoms with Crippen LogP contribution in [0.3, 0.4) is 0 Å². The standard InChI is InChI=1S/C20H21ClN4S/c21-20-18(22-23-26-20)15-24-11-13-25(14-12-24)19(16-7-3-1-4-8-16)17-9-5-2-6-10-17/h1-10,19H,11-15H2. The van der Waals surface area contributed by atoms with Gasteiger partial charge in [-0.25, -0.2) is 0 Å². The summed E-state index contributed by atoms with van der Waals surface area (Å²) < 4.78 is 4.64. The average molecular weight is 385 g/mol. The first-order valence-electron chi connectivity index (χ1n) is 8.84. The van der Waals surface area contributed by atoms with Crippen LogP contribution in [0.2, 0.25) is 4.34 Å². The van der Waals surface area contributed by atoms with Crippen molar-refractivity contribution in [1.29, 1.82) is 0 Å². The normalized spacial score (nSPS) is 16.2. The van der Waals surface area contributed by atoms with Crippen molar-refractivity contribution in [3.05, 3.63) is 81.8 Å². The van der Waals surface area contributed by atoms with E-state index in [1.54, 1.807) is 0 Å². The van der Waals surface area contributed by atoms with Gasteiger partial charge in [0, 0.05) is 44.3 Å². The van der Waals surface area contributed by atoms with Crippen LogP contribution >= 0.6 is 23.1 Å². The molecule has 6 heteroatoms. The van der Waals surface area contributed by atoms with Crippen LogP contribution in [0.5, 0.6) is 0 Å². The molecule has 0 radical (unpaired) electrons. The third kappa shape index (κ3) is 3.96. The average Bonchev–Trinajstić information content (AvgIpc) is 3.10. The molecule has 0 bridgehead atoms. The van der Waals surface area contributed by atoms with Crippen molar-refractivity contribution in [2.45, 2.75) is 12.6 Å². The van der Waals surface area contributed by atoms with E-state index in [0.29, 0.717) is 10.4 Å². The molecule has 0 unspecified atom stereocenters. The molecule has 3 aromatic rings. The smallest absolute Gasteiger partial charge is 0.138 e. The van der Waals surface area contributed by atoms with E-state index in [2.05, 4.69) is 80.1 Å². The van der Waals surface area contributed by atoms with Gasteiger partial charge < -0.3 is 0 Å². The van der Waals surface area contributed by atoms with E-state index < -0.39 is 0 Å². The van der Waals surface area contributed by atoms with Crippen molar-refractivity contribution >= 4 is 23.1 Å². The summed E-state index contributed by atoms with van der Waals surface area (Å²) in [6, 6.07) is 21.9. The summed E-state index contributed by atoms with van der Waals surface area (Å²) in [6.07, 6.45) is 0. The quantitative estimate of drug-likeness (QED) is 0.663. The molecule has 1 fully saturated rings. The molecule has 4 nitrogen and oxygen atoms in total. The molecule has 1 aliphatic rings. The number of aromatic nitrogens is 2. The first kappa shape index (κ1) is 17.6. The summed E-state index contributed by atoms with van der Waals surface area (Å²) in [5.41, 5.74) is 3.59. The molecule has 134 valence electrons. The van der Waals surface area contributed by atoms with Gasteiger partial charge in [0.25, 0.3) is 0 Å². The maximum atomic E-state index is 6.15. The number of rotatable bonds is 5. The fourth-order valence-electron chi connectivity index (χ4n) is 3.57. The van der Waals surface area contributed by atoms with Crippen LogP contribution in [0.25, 0.3) is 0 Å². The Morgan fingerprint density at radius 1 is 0.885 bits per heavy atom. The topological polar surface area (TPSA) is 32.3 Å². The lowest BCUT2D eigenvalue weighted by molar-refractivity contribution is 0.104. The van der Waals surface area contributed by atoms with Crippen LogP contribution in [0.1, 0.15) is 22.9 Å².